The van der Waals surface area contributed by atoms with Gasteiger partial charge in [-0.25, -0.2) is 5.01 Å². The van der Waals surface area contributed by atoms with Crippen molar-refractivity contribution in [3.8, 4) is 0 Å². The van der Waals surface area contributed by atoms with E-state index in [1.54, 1.807) is 11.8 Å². The maximum Gasteiger partial charge on any atom is 0.244 e. The van der Waals surface area contributed by atoms with Gasteiger partial charge >= 0.3 is 0 Å². The molecule has 0 bridgehead atoms. The number of thioether (sulfide) groups is 1. The van der Waals surface area contributed by atoms with E-state index in [1.165, 1.54) is 5.56 Å². The van der Waals surface area contributed by atoms with Gasteiger partial charge in [-0.3, -0.25) is 10.2 Å². The van der Waals surface area contributed by atoms with E-state index in [4.69, 9.17) is 0 Å². The molecule has 104 valence electrons. The molecule has 2 rings (SSSR count). The Morgan fingerprint density at radius 1 is 1.21 bits per heavy atom. The standard InChI is InChI=1S/C14H21N3OS/c1-12-3-5-13(6-4-12)19-11-14(18)15-17-9-7-16(2)8-10-17/h3-6H,7-11H2,1-2H3,(H,15,18). The van der Waals surface area contributed by atoms with Gasteiger partial charge in [-0.1, -0.05) is 17.7 Å². The Hall–Kier alpha value is -1.04. The fourth-order valence-corrected chi connectivity index (χ4v) is 2.60. The monoisotopic (exact) mass is 279 g/mol. The van der Waals surface area contributed by atoms with Gasteiger partial charge in [0.1, 0.15) is 0 Å². The summed E-state index contributed by atoms with van der Waals surface area (Å²) in [6.07, 6.45) is 0. The number of benzene rings is 1. The maximum absolute atomic E-state index is 11.8. The molecule has 0 aromatic heterocycles. The van der Waals surface area contributed by atoms with E-state index in [2.05, 4.69) is 48.6 Å². The molecule has 0 spiro atoms. The third-order valence-electron chi connectivity index (χ3n) is 3.18. The average Bonchev–Trinajstić information content (AvgIpc) is 2.41. The molecule has 0 unspecified atom stereocenters. The fourth-order valence-electron chi connectivity index (χ4n) is 1.91. The highest BCUT2D eigenvalue weighted by Crippen LogP contribution is 2.17. The topological polar surface area (TPSA) is 35.6 Å². The van der Waals surface area contributed by atoms with Crippen molar-refractivity contribution < 1.29 is 4.79 Å². The van der Waals surface area contributed by atoms with Crippen LogP contribution in [0, 0.1) is 6.92 Å². The van der Waals surface area contributed by atoms with Crippen LogP contribution >= 0.6 is 11.8 Å². The van der Waals surface area contributed by atoms with Crippen LogP contribution in [0.15, 0.2) is 29.2 Å². The van der Waals surface area contributed by atoms with Crippen LogP contribution in [0.25, 0.3) is 0 Å². The van der Waals surface area contributed by atoms with Gasteiger partial charge in [0.25, 0.3) is 0 Å². The molecule has 1 aromatic carbocycles. The molecule has 1 saturated heterocycles. The van der Waals surface area contributed by atoms with E-state index < -0.39 is 0 Å². The first-order valence-corrected chi connectivity index (χ1v) is 7.54. The van der Waals surface area contributed by atoms with Gasteiger partial charge in [-0.2, -0.15) is 0 Å². The summed E-state index contributed by atoms with van der Waals surface area (Å²) >= 11 is 1.58. The zero-order valence-corrected chi connectivity index (χ0v) is 12.4. The third kappa shape index (κ3) is 4.86. The van der Waals surface area contributed by atoms with Crippen LogP contribution in [0.1, 0.15) is 5.56 Å². The number of hydrogen-bond donors (Lipinski definition) is 1. The third-order valence-corrected chi connectivity index (χ3v) is 4.19. The Morgan fingerprint density at radius 3 is 2.47 bits per heavy atom. The minimum absolute atomic E-state index is 0.0788. The van der Waals surface area contributed by atoms with Gasteiger partial charge < -0.3 is 4.90 Å². The van der Waals surface area contributed by atoms with E-state index >= 15 is 0 Å². The van der Waals surface area contributed by atoms with Gasteiger partial charge in [0, 0.05) is 31.1 Å². The second-order valence-electron chi connectivity index (χ2n) is 4.93. The molecule has 19 heavy (non-hydrogen) atoms. The number of rotatable bonds is 4. The molecule has 5 heteroatoms. The van der Waals surface area contributed by atoms with Gasteiger partial charge in [-0.05, 0) is 26.1 Å². The lowest BCUT2D eigenvalue weighted by atomic mass is 10.2. The van der Waals surface area contributed by atoms with Crippen molar-refractivity contribution >= 4 is 17.7 Å². The molecule has 0 radical (unpaired) electrons. The summed E-state index contributed by atoms with van der Waals surface area (Å²) in [7, 11) is 2.10. The van der Waals surface area contributed by atoms with Crippen molar-refractivity contribution in [3.05, 3.63) is 29.8 Å². The molecule has 0 aliphatic carbocycles. The largest absolute Gasteiger partial charge is 0.304 e. The molecular formula is C14H21N3OS. The van der Waals surface area contributed by atoms with E-state index in [1.807, 2.05) is 5.01 Å². The highest BCUT2D eigenvalue weighted by Gasteiger charge is 2.15. The summed E-state index contributed by atoms with van der Waals surface area (Å²) in [5.74, 6) is 0.546. The summed E-state index contributed by atoms with van der Waals surface area (Å²) in [5, 5.41) is 2.01. The highest BCUT2D eigenvalue weighted by molar-refractivity contribution is 8.00. The Balaban J connectivity index is 1.71. The number of aryl methyl sites for hydroxylation is 1. The van der Waals surface area contributed by atoms with Crippen molar-refractivity contribution in [2.45, 2.75) is 11.8 Å². The van der Waals surface area contributed by atoms with Crippen molar-refractivity contribution in [3.63, 3.8) is 0 Å². The van der Waals surface area contributed by atoms with Crippen LogP contribution in [-0.2, 0) is 4.79 Å². The van der Waals surface area contributed by atoms with Crippen LogP contribution in [0.5, 0.6) is 0 Å². The Labute approximate surface area is 119 Å². The molecule has 4 nitrogen and oxygen atoms in total. The first kappa shape index (κ1) is 14.4. The Bertz CT molecular complexity index is 413. The van der Waals surface area contributed by atoms with E-state index in [0.29, 0.717) is 5.75 Å². The lowest BCUT2D eigenvalue weighted by Crippen LogP contribution is -2.52. The summed E-state index contributed by atoms with van der Waals surface area (Å²) in [6.45, 7) is 5.88. The van der Waals surface area contributed by atoms with Gasteiger partial charge in [0.2, 0.25) is 5.91 Å². The highest BCUT2D eigenvalue weighted by atomic mass is 32.2. The minimum atomic E-state index is 0.0788. The predicted octanol–water partition coefficient (Wildman–Crippen LogP) is 1.37. The van der Waals surface area contributed by atoms with Crippen molar-refractivity contribution in [2.75, 3.05) is 39.0 Å². The smallest absolute Gasteiger partial charge is 0.244 e. The predicted molar refractivity (Wildman–Crippen MR) is 79.1 cm³/mol. The number of carbonyl (C=O) groups is 1. The second-order valence-corrected chi connectivity index (χ2v) is 5.98. The first-order chi connectivity index (χ1) is 9.13. The van der Waals surface area contributed by atoms with Crippen LogP contribution in [0.3, 0.4) is 0 Å². The lowest BCUT2D eigenvalue weighted by Gasteiger charge is -2.32. The molecule has 1 aliphatic heterocycles. The van der Waals surface area contributed by atoms with Crippen molar-refractivity contribution in [1.29, 1.82) is 0 Å². The molecule has 1 heterocycles. The van der Waals surface area contributed by atoms with Crippen LogP contribution < -0.4 is 5.43 Å². The molecule has 1 N–H and O–H groups in total. The molecule has 1 amide bonds. The number of carbonyl (C=O) groups excluding carboxylic acids is 1. The number of likely N-dealkylation sites (N-methyl/N-ethyl adjacent to an activating group) is 1. The molecule has 1 aliphatic rings. The summed E-state index contributed by atoms with van der Waals surface area (Å²) < 4.78 is 0. The number of hydrazine groups is 1. The maximum atomic E-state index is 11.8. The summed E-state index contributed by atoms with van der Waals surface area (Å²) in [6, 6.07) is 8.26. The number of amides is 1. The molecule has 1 aromatic rings. The van der Waals surface area contributed by atoms with Gasteiger partial charge in [-0.15, -0.1) is 11.8 Å². The van der Waals surface area contributed by atoms with Crippen LogP contribution in [0.4, 0.5) is 0 Å². The second kappa shape index (κ2) is 6.93. The van der Waals surface area contributed by atoms with Gasteiger partial charge in [0.15, 0.2) is 0 Å². The number of nitrogens with zero attached hydrogens (tertiary/aromatic N) is 2. The van der Waals surface area contributed by atoms with E-state index in [-0.39, 0.29) is 5.91 Å². The SMILES string of the molecule is Cc1ccc(SCC(=O)NN2CCN(C)CC2)cc1. The van der Waals surface area contributed by atoms with Crippen molar-refractivity contribution in [2.24, 2.45) is 0 Å². The van der Waals surface area contributed by atoms with Gasteiger partial charge in [0.05, 0.1) is 5.75 Å². The fraction of sp³-hybridized carbons (Fsp3) is 0.500. The first-order valence-electron chi connectivity index (χ1n) is 6.56. The summed E-state index contributed by atoms with van der Waals surface area (Å²) in [5.41, 5.74) is 4.21. The van der Waals surface area contributed by atoms with E-state index in [9.17, 15) is 4.79 Å². The van der Waals surface area contributed by atoms with Crippen LogP contribution in [0.2, 0.25) is 0 Å². The quantitative estimate of drug-likeness (QED) is 0.844. The molecule has 1 fully saturated rings. The molecule has 0 saturated carbocycles. The molecular weight excluding hydrogens is 258 g/mol. The number of nitrogens with one attached hydrogen (secondary N) is 1. The lowest BCUT2D eigenvalue weighted by molar-refractivity contribution is -0.124. The molecule has 0 atom stereocenters. The Kier molecular flexibility index (Phi) is 5.24. The van der Waals surface area contributed by atoms with E-state index in [0.717, 1.165) is 31.1 Å². The zero-order chi connectivity index (χ0) is 13.7. The summed E-state index contributed by atoms with van der Waals surface area (Å²) in [4.78, 5) is 15.3. The average molecular weight is 279 g/mol. The number of piperazine rings is 1. The van der Waals surface area contributed by atoms with Crippen LogP contribution in [-0.4, -0.2) is 54.8 Å². The Morgan fingerprint density at radius 2 is 1.84 bits per heavy atom. The zero-order valence-electron chi connectivity index (χ0n) is 11.6. The minimum Gasteiger partial charge on any atom is -0.304 e. The number of hydrogen-bond acceptors (Lipinski definition) is 4. The van der Waals surface area contributed by atoms with Crippen molar-refractivity contribution in [1.82, 2.24) is 15.3 Å². The normalized spacial score (nSPS) is 17.4.